The van der Waals surface area contributed by atoms with Gasteiger partial charge in [-0.3, -0.25) is 0 Å². The maximum absolute atomic E-state index is 13.2. The van der Waals surface area contributed by atoms with Crippen molar-refractivity contribution in [1.29, 1.82) is 0 Å². The molecule has 9 heteroatoms. The Hall–Kier alpha value is -3.17. The highest BCUT2D eigenvalue weighted by atomic mass is 16.5. The quantitative estimate of drug-likeness (QED) is 0.387. The molecule has 0 aromatic heterocycles. The Morgan fingerprint density at radius 1 is 0.750 bits per heavy atom. The average Bonchev–Trinajstić information content (AvgIpc) is 3.82. The second-order valence-corrected chi connectivity index (χ2v) is 16.2. The molecule has 48 heavy (non-hydrogen) atoms. The molecule has 260 valence electrons. The molecule has 8 fully saturated rings. The van der Waals surface area contributed by atoms with Crippen LogP contribution in [0, 0.1) is 35.5 Å². The molecule has 2 aromatic carbocycles. The molecule has 0 spiro atoms. The number of rotatable bonds is 7. The van der Waals surface area contributed by atoms with Gasteiger partial charge >= 0.3 is 6.03 Å². The van der Waals surface area contributed by atoms with Crippen molar-refractivity contribution < 1.29 is 19.4 Å². The van der Waals surface area contributed by atoms with Gasteiger partial charge in [-0.2, -0.15) is 0 Å². The predicted molar refractivity (Wildman–Crippen MR) is 189 cm³/mol. The maximum atomic E-state index is 13.2. The Labute approximate surface area is 286 Å². The van der Waals surface area contributed by atoms with Crippen LogP contribution in [0.2, 0.25) is 0 Å². The standard InChI is InChI=1S/C25H35N3O3.C14H20N2O/c1-2-31-22-5-3-21(4-6-22)27-12-19-14-28(15-20(19)13-27)23(29)26-24-8-17-7-18(9-24)11-25(30,10-17)16-24;1-2-17-14-5-3-13(4-6-14)16-9-11-7-15-8-12(11)10-16/h3-6,17-20,30H,2,7-16H2,1H3,(H,26,29);3-6,11-12,15H,2,7-10H2,1H3/t17?,18?,19-,20+,24?,25?;11-,12+. The number of urea groups is 1. The van der Waals surface area contributed by atoms with Crippen molar-refractivity contribution in [1.82, 2.24) is 15.5 Å². The molecule has 9 nitrogen and oxygen atoms in total. The average molecular weight is 658 g/mol. The van der Waals surface area contributed by atoms with E-state index >= 15 is 0 Å². The summed E-state index contributed by atoms with van der Waals surface area (Å²) in [5, 5.41) is 17.9. The first kappa shape index (κ1) is 32.1. The lowest BCUT2D eigenvalue weighted by Gasteiger charge is -2.60. The van der Waals surface area contributed by atoms with E-state index in [0.717, 1.165) is 88.2 Å². The van der Waals surface area contributed by atoms with Crippen LogP contribution in [-0.4, -0.2) is 92.7 Å². The number of carbonyl (C=O) groups is 1. The highest BCUT2D eigenvalue weighted by Gasteiger charge is 2.58. The van der Waals surface area contributed by atoms with Crippen molar-refractivity contribution in [2.24, 2.45) is 35.5 Å². The fourth-order valence-corrected chi connectivity index (χ4v) is 10.9. The van der Waals surface area contributed by atoms with Crippen LogP contribution in [0.15, 0.2) is 48.5 Å². The fourth-order valence-electron chi connectivity index (χ4n) is 10.9. The Morgan fingerprint density at radius 3 is 1.69 bits per heavy atom. The zero-order valence-corrected chi connectivity index (χ0v) is 28.9. The number of likely N-dealkylation sites (tertiary alicyclic amines) is 1. The third-order valence-corrected chi connectivity index (χ3v) is 12.6. The molecular formula is C39H55N5O4. The van der Waals surface area contributed by atoms with E-state index in [1.165, 1.54) is 44.0 Å². The molecule has 0 radical (unpaired) electrons. The minimum atomic E-state index is -0.531. The SMILES string of the molecule is CCOc1ccc(N2C[C@H]3CN(C(=O)NC45CC6CC(CC(O)(C6)C4)C5)C[C@H]3C2)cc1.CCOc1ccc(N2C[C@H]3CNC[C@H]3C2)cc1. The van der Waals surface area contributed by atoms with Gasteiger partial charge in [0.25, 0.3) is 0 Å². The molecule has 4 aliphatic carbocycles. The van der Waals surface area contributed by atoms with Crippen molar-refractivity contribution in [3.63, 3.8) is 0 Å². The minimum Gasteiger partial charge on any atom is -0.494 e. The second kappa shape index (κ2) is 12.9. The third-order valence-electron chi connectivity index (χ3n) is 12.6. The molecule has 4 aliphatic heterocycles. The summed E-state index contributed by atoms with van der Waals surface area (Å²) < 4.78 is 11.0. The number of benzene rings is 2. The first-order valence-electron chi connectivity index (χ1n) is 18.7. The molecule has 4 bridgehead atoms. The van der Waals surface area contributed by atoms with Crippen LogP contribution in [-0.2, 0) is 0 Å². The van der Waals surface area contributed by atoms with Gasteiger partial charge in [-0.15, -0.1) is 0 Å². The van der Waals surface area contributed by atoms with Gasteiger partial charge in [0, 0.05) is 81.1 Å². The smallest absolute Gasteiger partial charge is 0.317 e. The largest absolute Gasteiger partial charge is 0.494 e. The van der Waals surface area contributed by atoms with Crippen molar-refractivity contribution >= 4 is 17.4 Å². The lowest BCUT2D eigenvalue weighted by atomic mass is 9.51. The van der Waals surface area contributed by atoms with Gasteiger partial charge in [0.2, 0.25) is 0 Å². The van der Waals surface area contributed by atoms with E-state index in [2.05, 4.69) is 56.8 Å². The fraction of sp³-hybridized carbons (Fsp3) is 0.667. The predicted octanol–water partition coefficient (Wildman–Crippen LogP) is 4.99. The van der Waals surface area contributed by atoms with E-state index in [-0.39, 0.29) is 11.6 Å². The van der Waals surface area contributed by atoms with Gasteiger partial charge in [-0.25, -0.2) is 4.79 Å². The number of anilines is 2. The number of nitrogens with zero attached hydrogens (tertiary/aromatic N) is 3. The number of amides is 2. The third kappa shape index (κ3) is 6.45. The summed E-state index contributed by atoms with van der Waals surface area (Å²) in [6.07, 6.45) is 6.00. The lowest BCUT2D eigenvalue weighted by Crippen LogP contribution is -2.66. The van der Waals surface area contributed by atoms with Gasteiger partial charge in [0.05, 0.1) is 18.8 Å². The number of carbonyl (C=O) groups excluding carboxylic acids is 1. The summed E-state index contributed by atoms with van der Waals surface area (Å²) in [7, 11) is 0. The van der Waals surface area contributed by atoms with Crippen LogP contribution in [0.3, 0.4) is 0 Å². The van der Waals surface area contributed by atoms with E-state index in [9.17, 15) is 9.90 Å². The molecule has 3 N–H and O–H groups in total. The molecule has 8 aliphatic rings. The molecule has 4 saturated carbocycles. The molecule has 10 rings (SSSR count). The van der Waals surface area contributed by atoms with Crippen molar-refractivity contribution in [2.45, 2.75) is 63.5 Å². The first-order chi connectivity index (χ1) is 23.3. The van der Waals surface area contributed by atoms with E-state index in [0.29, 0.717) is 30.3 Å². The number of hydrogen-bond donors (Lipinski definition) is 3. The number of hydrogen-bond acceptors (Lipinski definition) is 7. The van der Waals surface area contributed by atoms with Crippen LogP contribution in [0.25, 0.3) is 0 Å². The summed E-state index contributed by atoms with van der Waals surface area (Å²) in [5.74, 6) is 5.85. The van der Waals surface area contributed by atoms with Gasteiger partial charge in [-0.05, 0) is 125 Å². The summed E-state index contributed by atoms with van der Waals surface area (Å²) >= 11 is 0. The van der Waals surface area contributed by atoms with E-state index in [4.69, 9.17) is 9.47 Å². The van der Waals surface area contributed by atoms with Gasteiger partial charge in [0.15, 0.2) is 0 Å². The van der Waals surface area contributed by atoms with Gasteiger partial charge in [0.1, 0.15) is 11.5 Å². The zero-order chi connectivity index (χ0) is 32.9. The normalized spacial score (nSPS) is 35.7. The molecule has 6 atom stereocenters. The first-order valence-corrected chi connectivity index (χ1v) is 18.7. The lowest BCUT2D eigenvalue weighted by molar-refractivity contribution is -0.139. The number of ether oxygens (including phenoxy) is 2. The van der Waals surface area contributed by atoms with Gasteiger partial charge < -0.3 is 39.9 Å². The van der Waals surface area contributed by atoms with Crippen LogP contribution < -0.4 is 29.9 Å². The van der Waals surface area contributed by atoms with E-state index in [1.54, 1.807) is 0 Å². The molecule has 4 heterocycles. The maximum Gasteiger partial charge on any atom is 0.317 e. The Balaban J connectivity index is 0.000000167. The Morgan fingerprint density at radius 2 is 1.23 bits per heavy atom. The second-order valence-electron chi connectivity index (χ2n) is 16.2. The Kier molecular flexibility index (Phi) is 8.64. The monoisotopic (exact) mass is 657 g/mol. The zero-order valence-electron chi connectivity index (χ0n) is 28.9. The highest BCUT2D eigenvalue weighted by Crippen LogP contribution is 2.57. The van der Waals surface area contributed by atoms with Crippen molar-refractivity contribution in [2.75, 3.05) is 75.4 Å². The molecule has 2 amide bonds. The number of fused-ring (bicyclic) bond motifs is 2. The van der Waals surface area contributed by atoms with Crippen LogP contribution in [0.1, 0.15) is 52.4 Å². The summed E-state index contributed by atoms with van der Waals surface area (Å²) in [4.78, 5) is 20.2. The van der Waals surface area contributed by atoms with Crippen LogP contribution in [0.4, 0.5) is 16.2 Å². The van der Waals surface area contributed by atoms with Crippen molar-refractivity contribution in [3.05, 3.63) is 48.5 Å². The van der Waals surface area contributed by atoms with Crippen LogP contribution >= 0.6 is 0 Å². The van der Waals surface area contributed by atoms with Crippen LogP contribution in [0.5, 0.6) is 11.5 Å². The summed E-state index contributed by atoms with van der Waals surface area (Å²) in [6.45, 7) is 13.9. The molecule has 2 unspecified atom stereocenters. The minimum absolute atomic E-state index is 0.104. The Bertz CT molecular complexity index is 1390. The topological polar surface area (TPSA) is 89.5 Å². The molecular weight excluding hydrogens is 602 g/mol. The summed E-state index contributed by atoms with van der Waals surface area (Å²) in [6, 6.07) is 17.0. The highest BCUT2D eigenvalue weighted by molar-refractivity contribution is 5.76. The van der Waals surface area contributed by atoms with E-state index in [1.807, 2.05) is 30.9 Å². The molecule has 4 saturated heterocycles. The van der Waals surface area contributed by atoms with Gasteiger partial charge in [-0.1, -0.05) is 0 Å². The number of aliphatic hydroxyl groups is 1. The molecule has 2 aromatic rings. The van der Waals surface area contributed by atoms with E-state index < -0.39 is 5.60 Å². The van der Waals surface area contributed by atoms with Crippen molar-refractivity contribution in [3.8, 4) is 11.5 Å². The summed E-state index contributed by atoms with van der Waals surface area (Å²) in [5.41, 5.74) is 1.89. The number of nitrogens with one attached hydrogen (secondary N) is 2.